The van der Waals surface area contributed by atoms with Crippen molar-refractivity contribution in [2.45, 2.75) is 0 Å². The molecular weight excluding hydrogens is 309 g/mol. The van der Waals surface area contributed by atoms with Gasteiger partial charge in [-0.2, -0.15) is 0 Å². The van der Waals surface area contributed by atoms with Crippen LogP contribution in [0.25, 0.3) is 17.0 Å². The number of carbonyl (C=O) groups excluding carboxylic acids is 1. The highest BCUT2D eigenvalue weighted by Crippen LogP contribution is 2.20. The van der Waals surface area contributed by atoms with Gasteiger partial charge < -0.3 is 9.72 Å². The number of aromatic amines is 1. The van der Waals surface area contributed by atoms with E-state index in [9.17, 15) is 14.0 Å². The van der Waals surface area contributed by atoms with E-state index in [-0.39, 0.29) is 22.7 Å². The minimum atomic E-state index is -0.488. The van der Waals surface area contributed by atoms with E-state index in [0.29, 0.717) is 5.56 Å². The van der Waals surface area contributed by atoms with Gasteiger partial charge in [-0.3, -0.25) is 9.59 Å². The zero-order chi connectivity index (χ0) is 17.1. The van der Waals surface area contributed by atoms with Crippen molar-refractivity contribution in [3.05, 3.63) is 81.9 Å². The van der Waals surface area contributed by atoms with Crippen molar-refractivity contribution in [2.24, 2.45) is 0 Å². The van der Waals surface area contributed by atoms with Crippen LogP contribution < -0.4 is 10.3 Å². The Hall–Kier alpha value is -3.21. The number of hydrogen-bond acceptors (Lipinski definition) is 3. The summed E-state index contributed by atoms with van der Waals surface area (Å²) < 4.78 is 18.2. The smallest absolute Gasteiger partial charge is 0.255 e. The first-order chi connectivity index (χ1) is 11.6. The number of methoxy groups -OCH3 is 1. The van der Waals surface area contributed by atoms with E-state index in [1.807, 2.05) is 18.2 Å². The summed E-state index contributed by atoms with van der Waals surface area (Å²) in [4.78, 5) is 27.1. The van der Waals surface area contributed by atoms with Crippen molar-refractivity contribution in [2.75, 3.05) is 7.11 Å². The fraction of sp³-hybridized carbons (Fsp3) is 0.0526. The first-order valence-corrected chi connectivity index (χ1v) is 7.26. The molecule has 0 aliphatic carbocycles. The second kappa shape index (κ2) is 6.50. The second-order valence-electron chi connectivity index (χ2n) is 5.18. The molecular formula is C19H14FNO3. The number of pyridine rings is 1. The van der Waals surface area contributed by atoms with Gasteiger partial charge in [0.15, 0.2) is 5.78 Å². The number of aromatic nitrogens is 1. The molecule has 4 nitrogen and oxygen atoms in total. The zero-order valence-electron chi connectivity index (χ0n) is 12.9. The summed E-state index contributed by atoms with van der Waals surface area (Å²) in [6.07, 6.45) is 2.71. The summed E-state index contributed by atoms with van der Waals surface area (Å²) in [5, 5.41) is 0.864. The number of allylic oxidation sites excluding steroid dienone is 1. The molecule has 0 fully saturated rings. The Morgan fingerprint density at radius 3 is 2.75 bits per heavy atom. The van der Waals surface area contributed by atoms with Crippen LogP contribution in [0, 0.1) is 5.82 Å². The molecule has 0 atom stereocenters. The number of H-pyrrole nitrogens is 1. The van der Waals surface area contributed by atoms with Crippen molar-refractivity contribution in [3.8, 4) is 5.75 Å². The topological polar surface area (TPSA) is 59.2 Å². The minimum Gasteiger partial charge on any atom is -0.496 e. The highest BCUT2D eigenvalue weighted by Gasteiger charge is 2.11. The highest BCUT2D eigenvalue weighted by atomic mass is 19.1. The number of benzene rings is 2. The fourth-order valence-corrected chi connectivity index (χ4v) is 2.41. The summed E-state index contributed by atoms with van der Waals surface area (Å²) in [7, 11) is 1.36. The van der Waals surface area contributed by atoms with Crippen LogP contribution in [-0.2, 0) is 0 Å². The Morgan fingerprint density at radius 1 is 1.17 bits per heavy atom. The molecule has 1 heterocycles. The predicted octanol–water partition coefficient (Wildman–Crippen LogP) is 3.57. The molecule has 0 unspecified atom stereocenters. The lowest BCUT2D eigenvalue weighted by molar-refractivity contribution is 0.104. The number of ketones is 1. The number of rotatable bonds is 4. The molecule has 1 aromatic heterocycles. The molecule has 0 spiro atoms. The number of halogens is 1. The lowest BCUT2D eigenvalue weighted by atomic mass is 10.1. The number of para-hydroxylation sites is 1. The van der Waals surface area contributed by atoms with Gasteiger partial charge in [0.05, 0.1) is 12.7 Å². The summed E-state index contributed by atoms with van der Waals surface area (Å²) >= 11 is 0. The molecule has 0 bridgehead atoms. The molecule has 0 saturated carbocycles. The minimum absolute atomic E-state index is 0.150. The van der Waals surface area contributed by atoms with Crippen molar-refractivity contribution in [3.63, 3.8) is 0 Å². The Bertz CT molecular complexity index is 1000. The highest BCUT2D eigenvalue weighted by molar-refractivity contribution is 6.08. The summed E-state index contributed by atoms with van der Waals surface area (Å²) in [5.74, 6) is -0.713. The van der Waals surface area contributed by atoms with Crippen molar-refractivity contribution < 1.29 is 13.9 Å². The first kappa shape index (κ1) is 15.7. The van der Waals surface area contributed by atoms with Crippen LogP contribution >= 0.6 is 0 Å². The lowest BCUT2D eigenvalue weighted by Gasteiger charge is -2.05. The van der Waals surface area contributed by atoms with Crippen LogP contribution in [0.5, 0.6) is 5.75 Å². The SMILES string of the molecule is COc1cc(F)ccc1C(=O)C=Cc1cc2ccccc2[nH]c1=O. The van der Waals surface area contributed by atoms with E-state index >= 15 is 0 Å². The van der Waals surface area contributed by atoms with Crippen LogP contribution in [0.15, 0.2) is 59.4 Å². The zero-order valence-corrected chi connectivity index (χ0v) is 12.9. The monoisotopic (exact) mass is 323 g/mol. The lowest BCUT2D eigenvalue weighted by Crippen LogP contribution is -2.09. The molecule has 0 aliphatic heterocycles. The molecule has 0 saturated heterocycles. The predicted molar refractivity (Wildman–Crippen MR) is 90.9 cm³/mol. The van der Waals surface area contributed by atoms with Crippen molar-refractivity contribution in [1.29, 1.82) is 0 Å². The number of carbonyl (C=O) groups is 1. The van der Waals surface area contributed by atoms with Gasteiger partial charge in [-0.05, 0) is 41.8 Å². The van der Waals surface area contributed by atoms with E-state index in [1.54, 1.807) is 12.1 Å². The molecule has 120 valence electrons. The number of hydrogen-bond donors (Lipinski definition) is 1. The van der Waals surface area contributed by atoms with Crippen molar-refractivity contribution >= 4 is 22.8 Å². The molecule has 3 aromatic rings. The Labute approximate surface area is 137 Å². The quantitative estimate of drug-likeness (QED) is 0.590. The number of fused-ring (bicyclic) bond motifs is 1. The van der Waals surface area contributed by atoms with E-state index < -0.39 is 5.82 Å². The van der Waals surface area contributed by atoms with Gasteiger partial charge in [0, 0.05) is 17.1 Å². The third kappa shape index (κ3) is 3.10. The van der Waals surface area contributed by atoms with Gasteiger partial charge in [-0.1, -0.05) is 18.2 Å². The van der Waals surface area contributed by atoms with Gasteiger partial charge in [0.2, 0.25) is 0 Å². The van der Waals surface area contributed by atoms with E-state index in [2.05, 4.69) is 4.98 Å². The van der Waals surface area contributed by atoms with Crippen LogP contribution in [0.3, 0.4) is 0 Å². The molecule has 2 aromatic carbocycles. The molecule has 0 aliphatic rings. The summed E-state index contributed by atoms with van der Waals surface area (Å²) in [5.41, 5.74) is 1.03. The normalized spacial score (nSPS) is 11.1. The Balaban J connectivity index is 1.95. The second-order valence-corrected chi connectivity index (χ2v) is 5.18. The van der Waals surface area contributed by atoms with Crippen LogP contribution in [0.2, 0.25) is 0 Å². The molecule has 5 heteroatoms. The average Bonchev–Trinajstić information content (AvgIpc) is 2.59. The fourth-order valence-electron chi connectivity index (χ4n) is 2.41. The first-order valence-electron chi connectivity index (χ1n) is 7.26. The molecule has 24 heavy (non-hydrogen) atoms. The third-order valence-electron chi connectivity index (χ3n) is 3.63. The third-order valence-corrected chi connectivity index (χ3v) is 3.63. The van der Waals surface area contributed by atoms with Gasteiger partial charge >= 0.3 is 0 Å². The van der Waals surface area contributed by atoms with Gasteiger partial charge in [0.25, 0.3) is 5.56 Å². The van der Waals surface area contributed by atoms with E-state index in [1.165, 1.54) is 31.4 Å². The summed E-state index contributed by atoms with van der Waals surface area (Å²) in [6.45, 7) is 0. The molecule has 0 amide bonds. The molecule has 0 radical (unpaired) electrons. The van der Waals surface area contributed by atoms with E-state index in [4.69, 9.17) is 4.74 Å². The maximum absolute atomic E-state index is 13.2. The van der Waals surface area contributed by atoms with Gasteiger partial charge in [-0.25, -0.2) is 4.39 Å². The average molecular weight is 323 g/mol. The number of ether oxygens (including phenoxy) is 1. The standard InChI is InChI=1S/C19H14FNO3/c1-24-18-11-14(20)7-8-15(18)17(22)9-6-13-10-12-4-2-3-5-16(12)21-19(13)23/h2-11H,1H3,(H,21,23). The van der Waals surface area contributed by atoms with Crippen LogP contribution in [-0.4, -0.2) is 17.9 Å². The Morgan fingerprint density at radius 2 is 1.96 bits per heavy atom. The molecule has 3 rings (SSSR count). The largest absolute Gasteiger partial charge is 0.496 e. The number of nitrogens with one attached hydrogen (secondary N) is 1. The maximum Gasteiger partial charge on any atom is 0.255 e. The van der Waals surface area contributed by atoms with E-state index in [0.717, 1.165) is 17.0 Å². The molecule has 1 N–H and O–H groups in total. The van der Waals surface area contributed by atoms with Gasteiger partial charge in [-0.15, -0.1) is 0 Å². The van der Waals surface area contributed by atoms with Crippen molar-refractivity contribution in [1.82, 2.24) is 4.98 Å². The van der Waals surface area contributed by atoms with Crippen LogP contribution in [0.4, 0.5) is 4.39 Å². The van der Waals surface area contributed by atoms with Crippen LogP contribution in [0.1, 0.15) is 15.9 Å². The summed E-state index contributed by atoms with van der Waals surface area (Å²) in [6, 6.07) is 12.8. The maximum atomic E-state index is 13.2. The Kier molecular flexibility index (Phi) is 4.24. The van der Waals surface area contributed by atoms with Gasteiger partial charge in [0.1, 0.15) is 11.6 Å².